The van der Waals surface area contributed by atoms with Crippen molar-refractivity contribution in [3.05, 3.63) is 34.9 Å². The van der Waals surface area contributed by atoms with E-state index in [4.69, 9.17) is 11.6 Å². The lowest BCUT2D eigenvalue weighted by Gasteiger charge is -2.37. The van der Waals surface area contributed by atoms with E-state index in [-0.39, 0.29) is 29.5 Å². The van der Waals surface area contributed by atoms with Crippen LogP contribution < -0.4 is 5.32 Å². The summed E-state index contributed by atoms with van der Waals surface area (Å²) in [6.07, 6.45) is 0. The molecule has 0 aromatic heterocycles. The van der Waals surface area contributed by atoms with E-state index in [1.54, 1.807) is 29.2 Å². The molecule has 1 amide bonds. The number of sulfone groups is 1. The number of fused-ring (bicyclic) bond motifs is 1. The van der Waals surface area contributed by atoms with Crippen molar-refractivity contribution >= 4 is 27.3 Å². The zero-order valence-electron chi connectivity index (χ0n) is 10.8. The molecule has 3 rings (SSSR count). The monoisotopic (exact) mass is 314 g/mol. The first kappa shape index (κ1) is 13.9. The van der Waals surface area contributed by atoms with Crippen LogP contribution in [0.4, 0.5) is 0 Å². The van der Waals surface area contributed by atoms with Gasteiger partial charge in [0.1, 0.15) is 0 Å². The molecule has 1 N–H and O–H groups in total. The van der Waals surface area contributed by atoms with Crippen LogP contribution in [0.5, 0.6) is 0 Å². The summed E-state index contributed by atoms with van der Waals surface area (Å²) in [7, 11) is -3.06. The fraction of sp³-hybridized carbons (Fsp3) is 0.462. The van der Waals surface area contributed by atoms with E-state index in [2.05, 4.69) is 5.32 Å². The lowest BCUT2D eigenvalue weighted by atomic mass is 10.1. The van der Waals surface area contributed by atoms with E-state index >= 15 is 0 Å². The van der Waals surface area contributed by atoms with Crippen molar-refractivity contribution in [2.24, 2.45) is 0 Å². The molecule has 2 saturated heterocycles. The molecule has 2 aliphatic rings. The highest BCUT2D eigenvalue weighted by Gasteiger charge is 2.44. The Hall–Kier alpha value is -1.11. The van der Waals surface area contributed by atoms with E-state index in [1.165, 1.54) is 0 Å². The number of hydrogen-bond acceptors (Lipinski definition) is 4. The quantitative estimate of drug-likeness (QED) is 0.822. The second kappa shape index (κ2) is 5.02. The second-order valence-corrected chi connectivity index (χ2v) is 7.80. The maximum Gasteiger partial charge on any atom is 0.254 e. The summed E-state index contributed by atoms with van der Waals surface area (Å²) in [5.41, 5.74) is 0.541. The van der Waals surface area contributed by atoms with Gasteiger partial charge < -0.3 is 10.2 Å². The SMILES string of the molecule is O=C(c1ccc(Cl)cc1)N1CCN[C@H]2CS(=O)(=O)C[C@H]21. The summed E-state index contributed by atoms with van der Waals surface area (Å²) in [6.45, 7) is 1.15. The molecule has 7 heteroatoms. The molecule has 0 bridgehead atoms. The van der Waals surface area contributed by atoms with Crippen molar-refractivity contribution in [1.29, 1.82) is 0 Å². The number of piperazine rings is 1. The van der Waals surface area contributed by atoms with Gasteiger partial charge in [0.05, 0.1) is 17.5 Å². The van der Waals surface area contributed by atoms with Gasteiger partial charge in [-0.1, -0.05) is 11.6 Å². The zero-order chi connectivity index (χ0) is 14.3. The largest absolute Gasteiger partial charge is 0.332 e. The fourth-order valence-corrected chi connectivity index (χ4v) is 4.96. The van der Waals surface area contributed by atoms with E-state index in [0.29, 0.717) is 23.7 Å². The van der Waals surface area contributed by atoms with Crippen LogP contribution in [0.2, 0.25) is 5.02 Å². The van der Waals surface area contributed by atoms with Gasteiger partial charge >= 0.3 is 0 Å². The Labute approximate surface area is 122 Å². The molecular formula is C13H15ClN2O3S. The van der Waals surface area contributed by atoms with Crippen molar-refractivity contribution in [1.82, 2.24) is 10.2 Å². The third kappa shape index (κ3) is 2.55. The zero-order valence-corrected chi connectivity index (χ0v) is 12.3. The van der Waals surface area contributed by atoms with Crippen LogP contribution in [0, 0.1) is 0 Å². The first-order valence-electron chi connectivity index (χ1n) is 6.47. The molecule has 5 nitrogen and oxygen atoms in total. The molecule has 1 aromatic carbocycles. The molecule has 0 unspecified atom stereocenters. The van der Waals surface area contributed by atoms with E-state index in [0.717, 1.165) is 0 Å². The number of nitrogens with zero attached hydrogens (tertiary/aromatic N) is 1. The Morgan fingerprint density at radius 2 is 1.95 bits per heavy atom. The van der Waals surface area contributed by atoms with E-state index < -0.39 is 9.84 Å². The highest BCUT2D eigenvalue weighted by molar-refractivity contribution is 7.91. The minimum atomic E-state index is -3.06. The molecule has 108 valence electrons. The van der Waals surface area contributed by atoms with Gasteiger partial charge in [-0.05, 0) is 24.3 Å². The van der Waals surface area contributed by atoms with Crippen molar-refractivity contribution in [2.45, 2.75) is 12.1 Å². The Morgan fingerprint density at radius 1 is 1.25 bits per heavy atom. The third-order valence-corrected chi connectivity index (χ3v) is 5.80. The van der Waals surface area contributed by atoms with Crippen LogP contribution in [-0.4, -0.2) is 55.9 Å². The lowest BCUT2D eigenvalue weighted by molar-refractivity contribution is 0.0621. The summed E-state index contributed by atoms with van der Waals surface area (Å²) in [5.74, 6) is 0.0294. The minimum absolute atomic E-state index is 0.0456. The molecule has 2 atom stereocenters. The number of amides is 1. The standard InChI is InChI=1S/C13H15ClN2O3S/c14-10-3-1-9(2-4-10)13(17)16-6-5-15-11-7-20(18,19)8-12(11)16/h1-4,11-12,15H,5-8H2/t11-,12+/m0/s1. The highest BCUT2D eigenvalue weighted by Crippen LogP contribution is 2.23. The van der Waals surface area contributed by atoms with Crippen molar-refractivity contribution in [2.75, 3.05) is 24.6 Å². The van der Waals surface area contributed by atoms with Gasteiger partial charge in [0.2, 0.25) is 0 Å². The first-order chi connectivity index (χ1) is 9.46. The van der Waals surface area contributed by atoms with Crippen LogP contribution in [0.15, 0.2) is 24.3 Å². The molecule has 0 aliphatic carbocycles. The molecule has 2 aliphatic heterocycles. The number of rotatable bonds is 1. The van der Waals surface area contributed by atoms with Crippen LogP contribution in [-0.2, 0) is 9.84 Å². The molecular weight excluding hydrogens is 300 g/mol. The summed E-state index contributed by atoms with van der Waals surface area (Å²) in [4.78, 5) is 14.2. The Kier molecular flexibility index (Phi) is 3.48. The van der Waals surface area contributed by atoms with Crippen molar-refractivity contribution < 1.29 is 13.2 Å². The number of benzene rings is 1. The molecule has 0 radical (unpaired) electrons. The number of halogens is 1. The van der Waals surface area contributed by atoms with Gasteiger partial charge in [0.25, 0.3) is 5.91 Å². The summed E-state index contributed by atoms with van der Waals surface area (Å²) >= 11 is 5.81. The van der Waals surface area contributed by atoms with E-state index in [1.807, 2.05) is 0 Å². The summed E-state index contributed by atoms with van der Waals surface area (Å²) in [5, 5.41) is 3.76. The maximum atomic E-state index is 12.5. The molecule has 20 heavy (non-hydrogen) atoms. The van der Waals surface area contributed by atoms with Gasteiger partial charge in [-0.25, -0.2) is 8.42 Å². The number of nitrogens with one attached hydrogen (secondary N) is 1. The van der Waals surface area contributed by atoms with Crippen molar-refractivity contribution in [3.63, 3.8) is 0 Å². The van der Waals surface area contributed by atoms with Crippen LogP contribution >= 0.6 is 11.6 Å². The summed E-state index contributed by atoms with van der Waals surface area (Å²) < 4.78 is 23.5. The first-order valence-corrected chi connectivity index (χ1v) is 8.66. The molecule has 2 fully saturated rings. The highest BCUT2D eigenvalue weighted by atomic mass is 35.5. The van der Waals surface area contributed by atoms with Crippen LogP contribution in [0.25, 0.3) is 0 Å². The lowest BCUT2D eigenvalue weighted by Crippen LogP contribution is -2.59. The topological polar surface area (TPSA) is 66.5 Å². The Bertz CT molecular complexity index is 630. The van der Waals surface area contributed by atoms with Crippen molar-refractivity contribution in [3.8, 4) is 0 Å². The van der Waals surface area contributed by atoms with E-state index in [9.17, 15) is 13.2 Å². The average Bonchev–Trinajstić information content (AvgIpc) is 2.72. The fourth-order valence-electron chi connectivity index (χ4n) is 2.88. The van der Waals surface area contributed by atoms with Gasteiger partial charge in [0.15, 0.2) is 9.84 Å². The van der Waals surface area contributed by atoms with Gasteiger partial charge in [-0.3, -0.25) is 4.79 Å². The Morgan fingerprint density at radius 3 is 2.65 bits per heavy atom. The van der Waals surface area contributed by atoms with Gasteiger partial charge in [0, 0.05) is 29.7 Å². The smallest absolute Gasteiger partial charge is 0.254 e. The second-order valence-electron chi connectivity index (χ2n) is 5.21. The maximum absolute atomic E-state index is 12.5. The Balaban J connectivity index is 1.85. The van der Waals surface area contributed by atoms with Crippen LogP contribution in [0.1, 0.15) is 10.4 Å². The third-order valence-electron chi connectivity index (χ3n) is 3.83. The summed E-state index contributed by atoms with van der Waals surface area (Å²) in [6, 6.07) is 6.26. The van der Waals surface area contributed by atoms with Crippen LogP contribution in [0.3, 0.4) is 0 Å². The number of hydrogen-bond donors (Lipinski definition) is 1. The molecule has 1 aromatic rings. The number of carbonyl (C=O) groups excluding carboxylic acids is 1. The number of carbonyl (C=O) groups is 1. The minimum Gasteiger partial charge on any atom is -0.332 e. The van der Waals surface area contributed by atoms with Gasteiger partial charge in [-0.15, -0.1) is 0 Å². The predicted octanol–water partition coefficient (Wildman–Crippen LogP) is 0.551. The molecule has 0 saturated carbocycles. The molecule has 0 spiro atoms. The predicted molar refractivity (Wildman–Crippen MR) is 76.7 cm³/mol. The average molecular weight is 315 g/mol. The molecule has 2 heterocycles. The van der Waals surface area contributed by atoms with Gasteiger partial charge in [-0.2, -0.15) is 0 Å². The normalized spacial score (nSPS) is 28.1.